The number of halogens is 1. The topological polar surface area (TPSA) is 36.7 Å². The summed E-state index contributed by atoms with van der Waals surface area (Å²) in [5, 5.41) is 1.10. The quantitative estimate of drug-likeness (QED) is 0.733. The van der Waals surface area contributed by atoms with Crippen molar-refractivity contribution in [1.29, 1.82) is 4.78 Å². The molecule has 1 aromatic heterocycles. The fraction of sp³-hybridized carbons (Fsp3) is 0.375. The van der Waals surface area contributed by atoms with Crippen LogP contribution in [0.2, 0.25) is 5.15 Å². The van der Waals surface area contributed by atoms with E-state index < -0.39 is 0 Å². The molecule has 2 nitrogen and oxygen atoms in total. The minimum Gasteiger partial charge on any atom is -0.275 e. The molecule has 4 heteroatoms. The second kappa shape index (κ2) is 3.15. The van der Waals surface area contributed by atoms with Crippen molar-refractivity contribution in [3.05, 3.63) is 23.5 Å². The Morgan fingerprint density at radius 3 is 2.75 bits per heavy atom. The molecule has 0 aromatic carbocycles. The van der Waals surface area contributed by atoms with Crippen molar-refractivity contribution in [3.63, 3.8) is 0 Å². The second-order valence-corrected chi connectivity index (χ2v) is 5.05. The first-order chi connectivity index (χ1) is 5.77. The summed E-state index contributed by atoms with van der Waals surface area (Å²) >= 11 is 5.64. The van der Waals surface area contributed by atoms with E-state index in [0.717, 1.165) is 4.90 Å². The molecule has 0 aliphatic heterocycles. The van der Waals surface area contributed by atoms with Crippen LogP contribution in [0, 0.1) is 4.78 Å². The maximum Gasteiger partial charge on any atom is 0.129 e. The van der Waals surface area contributed by atoms with Gasteiger partial charge in [0.25, 0.3) is 0 Å². The van der Waals surface area contributed by atoms with Crippen LogP contribution in [0.15, 0.2) is 23.2 Å². The molecule has 1 atom stereocenters. The van der Waals surface area contributed by atoms with Gasteiger partial charge in [-0.05, 0) is 25.0 Å². The van der Waals surface area contributed by atoms with Gasteiger partial charge in [0.15, 0.2) is 0 Å². The molecule has 1 aliphatic carbocycles. The highest BCUT2D eigenvalue weighted by molar-refractivity contribution is 7.87. The third kappa shape index (κ3) is 1.67. The summed E-state index contributed by atoms with van der Waals surface area (Å²) in [5.74, 6) is 0. The predicted octanol–water partition coefficient (Wildman–Crippen LogP) is 2.64. The monoisotopic (exact) mass is 200 g/mol. The van der Waals surface area contributed by atoms with Crippen molar-refractivity contribution < 1.29 is 0 Å². The van der Waals surface area contributed by atoms with Gasteiger partial charge in [0.2, 0.25) is 0 Å². The summed E-state index contributed by atoms with van der Waals surface area (Å²) in [6, 6.07) is 3.66. The Morgan fingerprint density at radius 1 is 1.50 bits per heavy atom. The molecule has 0 bridgehead atoms. The predicted molar refractivity (Wildman–Crippen MR) is 50.6 cm³/mol. The number of hydrogen-bond donors (Lipinski definition) is 1. The van der Waals surface area contributed by atoms with E-state index in [4.69, 9.17) is 16.4 Å². The zero-order valence-corrected chi connectivity index (χ0v) is 8.03. The number of hydrogen-bond acceptors (Lipinski definition) is 2. The minimum absolute atomic E-state index is 0.353. The van der Waals surface area contributed by atoms with Crippen molar-refractivity contribution in [2.45, 2.75) is 23.0 Å². The maximum absolute atomic E-state index is 7.85. The first-order valence-corrected chi connectivity index (χ1v) is 5.50. The van der Waals surface area contributed by atoms with Gasteiger partial charge in [0.1, 0.15) is 5.15 Å². The van der Waals surface area contributed by atoms with Crippen molar-refractivity contribution in [2.24, 2.45) is 0 Å². The molecular formula is C8H9ClN2S. The van der Waals surface area contributed by atoms with E-state index in [9.17, 15) is 0 Å². The summed E-state index contributed by atoms with van der Waals surface area (Å²) < 4.78 is 7.85. The van der Waals surface area contributed by atoms with Crippen LogP contribution in [0.5, 0.6) is 0 Å². The number of pyridine rings is 1. The molecule has 2 rings (SSSR count). The molecule has 0 unspecified atom stereocenters. The van der Waals surface area contributed by atoms with E-state index in [1.807, 2.05) is 6.07 Å². The van der Waals surface area contributed by atoms with E-state index in [1.54, 1.807) is 12.3 Å². The zero-order chi connectivity index (χ0) is 8.55. The average molecular weight is 201 g/mol. The van der Waals surface area contributed by atoms with E-state index in [2.05, 4.69) is 4.98 Å². The van der Waals surface area contributed by atoms with E-state index in [1.165, 1.54) is 12.8 Å². The lowest BCUT2D eigenvalue weighted by atomic mass is 10.5. The van der Waals surface area contributed by atoms with Crippen LogP contribution >= 0.6 is 11.6 Å². The maximum atomic E-state index is 7.85. The molecule has 0 radical (unpaired) electrons. The Balaban J connectivity index is 2.22. The van der Waals surface area contributed by atoms with Crippen molar-refractivity contribution in [1.82, 2.24) is 4.98 Å². The van der Waals surface area contributed by atoms with E-state index >= 15 is 0 Å². The normalized spacial score (nSPS) is 19.1. The first kappa shape index (κ1) is 8.20. The first-order valence-electron chi connectivity index (χ1n) is 3.83. The van der Waals surface area contributed by atoms with Gasteiger partial charge in [-0.15, -0.1) is 0 Å². The molecule has 1 saturated carbocycles. The Labute approximate surface area is 78.9 Å². The van der Waals surface area contributed by atoms with Crippen LogP contribution < -0.4 is 0 Å². The summed E-state index contributed by atoms with van der Waals surface area (Å²) in [4.78, 5) is 4.98. The summed E-state index contributed by atoms with van der Waals surface area (Å²) in [7, 11) is -0.353. The fourth-order valence-corrected chi connectivity index (χ4v) is 2.47. The van der Waals surface area contributed by atoms with Crippen LogP contribution in [0.1, 0.15) is 12.8 Å². The highest BCUT2D eigenvalue weighted by atomic mass is 35.5. The lowest BCUT2D eigenvalue weighted by Gasteiger charge is -2.01. The molecular weight excluding hydrogens is 192 g/mol. The Kier molecular flexibility index (Phi) is 2.15. The summed E-state index contributed by atoms with van der Waals surface area (Å²) in [6.45, 7) is 0. The van der Waals surface area contributed by atoms with Gasteiger partial charge in [-0.3, -0.25) is 4.78 Å². The van der Waals surface area contributed by atoms with Gasteiger partial charge in [-0.2, -0.15) is 0 Å². The second-order valence-electron chi connectivity index (χ2n) is 2.85. The molecule has 1 heterocycles. The molecule has 0 saturated heterocycles. The van der Waals surface area contributed by atoms with Crippen LogP contribution in [-0.2, 0) is 10.7 Å². The van der Waals surface area contributed by atoms with Crippen LogP contribution in [0.25, 0.3) is 0 Å². The van der Waals surface area contributed by atoms with Crippen LogP contribution in [0.3, 0.4) is 0 Å². The highest BCUT2D eigenvalue weighted by Gasteiger charge is 2.26. The molecule has 1 aliphatic rings. The van der Waals surface area contributed by atoms with Crippen molar-refractivity contribution >= 4 is 22.3 Å². The third-order valence-corrected chi connectivity index (χ3v) is 3.92. The van der Waals surface area contributed by atoms with Gasteiger partial charge in [-0.1, -0.05) is 22.3 Å². The summed E-state index contributed by atoms with van der Waals surface area (Å²) in [5.41, 5.74) is 0. The van der Waals surface area contributed by atoms with Crippen LogP contribution in [-0.4, -0.2) is 10.2 Å². The Hall–Kier alpha value is -0.410. The highest BCUT2D eigenvalue weighted by Crippen LogP contribution is 2.30. The van der Waals surface area contributed by atoms with Gasteiger partial charge in [0.05, 0.1) is 0 Å². The number of nitrogens with zero attached hydrogens (tertiary/aromatic N) is 1. The van der Waals surface area contributed by atoms with E-state index in [-0.39, 0.29) is 10.7 Å². The van der Waals surface area contributed by atoms with Gasteiger partial charge >= 0.3 is 0 Å². The molecule has 0 spiro atoms. The smallest absolute Gasteiger partial charge is 0.129 e. The number of aromatic nitrogens is 1. The zero-order valence-electron chi connectivity index (χ0n) is 6.46. The van der Waals surface area contributed by atoms with Crippen molar-refractivity contribution in [3.8, 4) is 0 Å². The van der Waals surface area contributed by atoms with Crippen LogP contribution in [0.4, 0.5) is 0 Å². The summed E-state index contributed by atoms with van der Waals surface area (Å²) in [6.07, 6.45) is 4.13. The lowest BCUT2D eigenvalue weighted by Crippen LogP contribution is -1.95. The van der Waals surface area contributed by atoms with Crippen molar-refractivity contribution in [2.75, 3.05) is 0 Å². The minimum atomic E-state index is -0.353. The molecule has 1 N–H and O–H groups in total. The number of nitrogens with one attached hydrogen (secondary N) is 1. The molecule has 0 amide bonds. The van der Waals surface area contributed by atoms with E-state index in [0.29, 0.717) is 10.4 Å². The number of rotatable bonds is 2. The largest absolute Gasteiger partial charge is 0.275 e. The fourth-order valence-electron chi connectivity index (χ4n) is 0.989. The lowest BCUT2D eigenvalue weighted by molar-refractivity contribution is 1.22. The molecule has 12 heavy (non-hydrogen) atoms. The molecule has 1 fully saturated rings. The standard InChI is InChI=1S/C8H9ClN2S/c9-8-4-3-7(5-11-8)12(10)6-1-2-6/h3-6,10H,1-2H2/t12-/m0/s1. The molecule has 1 aromatic rings. The average Bonchev–Trinajstić information content (AvgIpc) is 2.87. The Bertz CT molecular complexity index is 305. The third-order valence-electron chi connectivity index (χ3n) is 1.81. The van der Waals surface area contributed by atoms with Gasteiger partial charge < -0.3 is 0 Å². The SMILES string of the molecule is N=[S@](c1ccc(Cl)nc1)C1CC1. The molecule has 64 valence electrons. The van der Waals surface area contributed by atoms with Gasteiger partial charge in [-0.25, -0.2) is 4.98 Å². The Morgan fingerprint density at radius 2 is 2.25 bits per heavy atom. The van der Waals surface area contributed by atoms with Gasteiger partial charge in [0, 0.05) is 16.3 Å².